The van der Waals surface area contributed by atoms with Crippen LogP contribution in [0.15, 0.2) is 30.4 Å². The molecule has 3 heterocycles. The molecule has 2 aliphatic carbocycles. The van der Waals surface area contributed by atoms with Crippen LogP contribution in [0.5, 0.6) is 17.2 Å². The third-order valence-electron chi connectivity index (χ3n) is 12.3. The van der Waals surface area contributed by atoms with Gasteiger partial charge in [0, 0.05) is 108 Å². The van der Waals surface area contributed by atoms with E-state index in [9.17, 15) is 48.9 Å². The molecule has 3 aliphatic heterocycles. The first-order valence-electron chi connectivity index (χ1n) is 20.9. The number of morpholine rings is 1. The van der Waals surface area contributed by atoms with Gasteiger partial charge in [-0.3, -0.25) is 49.1 Å². The number of nitrogens with two attached hydrogens (primary N) is 1. The molecule has 22 nitrogen and oxygen atoms in total. The van der Waals surface area contributed by atoms with Gasteiger partial charge < -0.3 is 59.7 Å². The Bertz CT molecular complexity index is 2300. The van der Waals surface area contributed by atoms with Gasteiger partial charge in [-0.2, -0.15) is 0 Å². The van der Waals surface area contributed by atoms with E-state index in [-0.39, 0.29) is 66.5 Å². The molecular formula is C43H52N6O16. The van der Waals surface area contributed by atoms with E-state index >= 15 is 0 Å². The van der Waals surface area contributed by atoms with Gasteiger partial charge in [-0.05, 0) is 13.0 Å². The highest BCUT2D eigenvalue weighted by atomic mass is 16.7. The summed E-state index contributed by atoms with van der Waals surface area (Å²) in [6.45, 7) is 1.99. The van der Waals surface area contributed by atoms with Gasteiger partial charge in [0.05, 0.1) is 42.6 Å². The Morgan fingerprint density at radius 2 is 1.58 bits per heavy atom. The minimum atomic E-state index is -2.50. The highest BCUT2D eigenvalue weighted by molar-refractivity contribution is 6.31. The van der Waals surface area contributed by atoms with Crippen LogP contribution in [0.4, 0.5) is 0 Å². The van der Waals surface area contributed by atoms with Crippen LogP contribution in [0.1, 0.15) is 69.2 Å². The van der Waals surface area contributed by atoms with Gasteiger partial charge in [0.1, 0.15) is 23.8 Å². The van der Waals surface area contributed by atoms with Crippen molar-refractivity contribution in [3.8, 4) is 17.2 Å². The van der Waals surface area contributed by atoms with E-state index in [0.717, 1.165) is 17.1 Å². The van der Waals surface area contributed by atoms with Gasteiger partial charge >= 0.3 is 0 Å². The fourth-order valence-electron chi connectivity index (χ4n) is 9.21. The van der Waals surface area contributed by atoms with Gasteiger partial charge in [0.15, 0.2) is 29.7 Å². The first kappa shape index (κ1) is 47.1. The van der Waals surface area contributed by atoms with Gasteiger partial charge in [-0.15, -0.1) is 0 Å². The lowest BCUT2D eigenvalue weighted by Crippen LogP contribution is -2.63. The number of amides is 5. The van der Waals surface area contributed by atoms with Gasteiger partial charge in [-0.1, -0.05) is 12.1 Å². The largest absolute Gasteiger partial charge is 0.507 e. The molecule has 0 saturated carbocycles. The van der Waals surface area contributed by atoms with Crippen LogP contribution in [0.25, 0.3) is 0 Å². The number of nitrogens with zero attached hydrogens (tertiary/aromatic N) is 2. The zero-order valence-corrected chi connectivity index (χ0v) is 36.2. The molecule has 7 atom stereocenters. The zero-order chi connectivity index (χ0) is 47.0. The number of phenolic OH excluding ortho intramolecular Hbond substituents is 2. The second-order valence-electron chi connectivity index (χ2n) is 16.3. The number of phenols is 2. The molecule has 2 saturated heterocycles. The SMILES string of the molecule is COc1cccc2c1C(=O)c1c(O)c3c(c(O)c1C2=O)C[C@@](O)(C(=O)NCCNC(=O)CCNC(=O)CN1C(=O)C=CC1=O)C[C@]3(N)O[C@@H]1C[C@H](N2CCO[C@H](OC)C2)[C@H](OC)[C@H](C)O1. The van der Waals surface area contributed by atoms with Crippen LogP contribution in [0.3, 0.4) is 0 Å². The minimum absolute atomic E-state index is 0.0397. The van der Waals surface area contributed by atoms with Crippen molar-refractivity contribution in [2.45, 2.75) is 74.8 Å². The van der Waals surface area contributed by atoms with Crippen LogP contribution in [0, 0.1) is 0 Å². The fourth-order valence-corrected chi connectivity index (χ4v) is 9.21. The molecular weight excluding hydrogens is 856 g/mol. The Morgan fingerprint density at radius 3 is 2.28 bits per heavy atom. The molecule has 65 heavy (non-hydrogen) atoms. The first-order valence-corrected chi connectivity index (χ1v) is 20.9. The molecule has 2 fully saturated rings. The zero-order valence-electron chi connectivity index (χ0n) is 36.2. The highest BCUT2D eigenvalue weighted by Gasteiger charge is 2.56. The van der Waals surface area contributed by atoms with E-state index in [2.05, 4.69) is 20.9 Å². The molecule has 350 valence electrons. The summed E-state index contributed by atoms with van der Waals surface area (Å²) in [6, 6.07) is 3.94. The number of ketones is 2. The van der Waals surface area contributed by atoms with Crippen molar-refractivity contribution in [1.82, 2.24) is 25.8 Å². The summed E-state index contributed by atoms with van der Waals surface area (Å²) in [7, 11) is 4.37. The van der Waals surface area contributed by atoms with Crippen LogP contribution >= 0.6 is 0 Å². The van der Waals surface area contributed by atoms with Crippen molar-refractivity contribution in [2.24, 2.45) is 5.73 Å². The van der Waals surface area contributed by atoms with Gasteiger partial charge in [0.2, 0.25) is 17.6 Å². The molecule has 0 radical (unpaired) electrons. The van der Waals surface area contributed by atoms with Crippen molar-refractivity contribution in [1.29, 1.82) is 0 Å². The molecule has 5 amide bonds. The lowest BCUT2D eigenvalue weighted by atomic mass is 9.70. The Balaban J connectivity index is 1.12. The number of nitrogens with one attached hydrogen (secondary N) is 3. The maximum atomic E-state index is 14.2. The van der Waals surface area contributed by atoms with Crippen molar-refractivity contribution >= 4 is 41.1 Å². The van der Waals surface area contributed by atoms with Crippen molar-refractivity contribution in [3.63, 3.8) is 0 Å². The average Bonchev–Trinajstić information content (AvgIpc) is 3.59. The molecule has 0 spiro atoms. The number of benzene rings is 2. The van der Waals surface area contributed by atoms with Crippen LogP contribution in [0.2, 0.25) is 0 Å². The van der Waals surface area contributed by atoms with Crippen molar-refractivity contribution < 1.29 is 77.3 Å². The Hall–Kier alpha value is -5.85. The highest BCUT2D eigenvalue weighted by Crippen LogP contribution is 2.53. The number of carbonyl (C=O) groups is 7. The van der Waals surface area contributed by atoms with E-state index in [0.29, 0.717) is 19.7 Å². The summed E-state index contributed by atoms with van der Waals surface area (Å²) in [5, 5.41) is 43.9. The Morgan fingerprint density at radius 1 is 0.892 bits per heavy atom. The number of fused-ring (bicyclic) bond motifs is 3. The smallest absolute Gasteiger partial charge is 0.254 e. The maximum Gasteiger partial charge on any atom is 0.254 e. The second-order valence-corrected chi connectivity index (χ2v) is 16.3. The topological polar surface area (TPSA) is 304 Å². The minimum Gasteiger partial charge on any atom is -0.507 e. The van der Waals surface area contributed by atoms with E-state index in [1.54, 1.807) is 14.0 Å². The molecule has 0 unspecified atom stereocenters. The quantitative estimate of drug-likeness (QED) is 0.0382. The van der Waals surface area contributed by atoms with Gasteiger partial charge in [0.25, 0.3) is 17.7 Å². The summed E-state index contributed by atoms with van der Waals surface area (Å²) >= 11 is 0. The number of aromatic hydroxyl groups is 2. The molecule has 5 aliphatic rings. The second kappa shape index (κ2) is 18.9. The van der Waals surface area contributed by atoms with Crippen LogP contribution < -0.4 is 26.4 Å². The summed E-state index contributed by atoms with van der Waals surface area (Å²) in [6.07, 6.45) is -2.30. The third kappa shape index (κ3) is 9.07. The third-order valence-corrected chi connectivity index (χ3v) is 12.3. The molecule has 0 bridgehead atoms. The number of aliphatic hydroxyl groups is 1. The van der Waals surface area contributed by atoms with Crippen molar-refractivity contribution in [2.75, 3.05) is 67.2 Å². The predicted octanol–water partition coefficient (Wildman–Crippen LogP) is -1.83. The summed E-state index contributed by atoms with van der Waals surface area (Å²) in [5.74, 6) is -6.73. The maximum absolute atomic E-state index is 14.2. The standard InChI is InChI=1S/C43H52N6O16/c1-21-40(62-4)24(48-14-15-63-31(19-48)61-3)16-30(64-21)65-43(44)20-42(59,41(58)47-13-12-46-26(50)10-11-45-27(51)18-49-28(52)8-9-29(49)53)17-23-35(43)39(57)34-33(37(23)55)36(54)22-6-5-7-25(60-2)32(22)38(34)56/h5-9,21,24,30-31,40,55,57,59H,10-20,44H2,1-4H3,(H,45,51)(H,46,50)(H,47,58)/t21-,24-,30+,31-,40+,42-,43-/m0/s1. The van der Waals surface area contributed by atoms with E-state index in [1.165, 1.54) is 32.4 Å². The molecule has 0 aromatic heterocycles. The molecule has 2 aromatic rings. The Labute approximate surface area is 372 Å². The summed E-state index contributed by atoms with van der Waals surface area (Å²) in [5.41, 5.74) is 0.105. The molecule has 2 aromatic carbocycles. The number of rotatable bonds is 15. The Kier molecular flexibility index (Phi) is 13.7. The number of ether oxygens (including phenoxy) is 6. The fraction of sp³-hybridized carbons (Fsp3) is 0.512. The average molecular weight is 909 g/mol. The van der Waals surface area contributed by atoms with Crippen LogP contribution in [-0.4, -0.2) is 170 Å². The van der Waals surface area contributed by atoms with Gasteiger partial charge in [-0.25, -0.2) is 0 Å². The van der Waals surface area contributed by atoms with E-state index < -0.39 is 119 Å². The molecule has 8 N–H and O–H groups in total. The lowest BCUT2D eigenvalue weighted by Gasteiger charge is -2.50. The number of hydrogen-bond acceptors (Lipinski definition) is 18. The first-order chi connectivity index (χ1) is 30.9. The number of methoxy groups -OCH3 is 3. The van der Waals surface area contributed by atoms with Crippen LogP contribution in [-0.2, 0) is 59.8 Å². The molecule has 7 rings (SSSR count). The number of hydrogen-bond donors (Lipinski definition) is 7. The number of imide groups is 1. The monoisotopic (exact) mass is 908 g/mol. The van der Waals surface area contributed by atoms with E-state index in [4.69, 9.17) is 34.2 Å². The van der Waals surface area contributed by atoms with E-state index in [1.807, 2.05) is 0 Å². The summed E-state index contributed by atoms with van der Waals surface area (Å²) < 4.78 is 35.2. The normalized spacial score (nSPS) is 27.5. The molecule has 22 heteroatoms. The lowest BCUT2D eigenvalue weighted by molar-refractivity contribution is -0.292. The van der Waals surface area contributed by atoms with Crippen molar-refractivity contribution in [3.05, 3.63) is 63.7 Å². The number of carbonyl (C=O) groups excluding carboxylic acids is 7. The predicted molar refractivity (Wildman–Crippen MR) is 221 cm³/mol. The summed E-state index contributed by atoms with van der Waals surface area (Å²) in [4.78, 5) is 93.3.